The van der Waals surface area contributed by atoms with E-state index in [-0.39, 0.29) is 106 Å². The van der Waals surface area contributed by atoms with Crippen molar-refractivity contribution < 1.29 is 112 Å². The Morgan fingerprint density at radius 1 is 1.33 bits per heavy atom. The molecule has 0 saturated heterocycles. The fourth-order valence-corrected chi connectivity index (χ4v) is 0. The summed E-state index contributed by atoms with van der Waals surface area (Å²) >= 11 is 0. The van der Waals surface area contributed by atoms with Crippen LogP contribution in [0.1, 0.15) is 0 Å². The molecule has 0 aliphatic rings. The molecule has 0 aliphatic heterocycles. The molecule has 9 heavy (non-hydrogen) atoms. The largest absolute Gasteiger partial charge is 0.781 e. The second kappa shape index (κ2) is 22.5. The van der Waals surface area contributed by atoms with Crippen LogP contribution in [-0.4, -0.2) is 7.11 Å². The first-order valence-electron chi connectivity index (χ1n) is 1.02. The van der Waals surface area contributed by atoms with Crippen LogP contribution in [0.4, 0.5) is 0 Å². The average Bonchev–Trinajstić information content (AvgIpc) is 1.38. The molecule has 0 rings (SSSR count). The van der Waals surface area contributed by atoms with Gasteiger partial charge >= 0.3 is 0 Å². The van der Waals surface area contributed by atoms with Gasteiger partial charge in [-0.2, -0.15) is 0 Å². The second-order valence-corrected chi connectivity index (χ2v) is 1.36. The Bertz CT molecular complexity index is 52.3. The number of hydrogen-bond acceptors (Lipinski definition) is 3. The predicted octanol–water partition coefficient (Wildman–Crippen LogP) is -0.174. The Morgan fingerprint density at radius 3 is 1.44 bits per heavy atom. The second-order valence-electron chi connectivity index (χ2n) is 0.454. The molecule has 0 heterocycles. The van der Waals surface area contributed by atoms with E-state index in [0.29, 0.717) is 0 Å². The summed E-state index contributed by atoms with van der Waals surface area (Å²) < 4.78 is 13.0. The monoisotopic (exact) mass is 377 g/mol. The van der Waals surface area contributed by atoms with Crippen LogP contribution in [0.25, 0.3) is 0 Å². The van der Waals surface area contributed by atoms with Gasteiger partial charge in [0.2, 0.25) is 0 Å². The van der Waals surface area contributed by atoms with E-state index in [1.54, 1.807) is 0 Å². The molecule has 0 saturated carbocycles. The maximum absolute atomic E-state index is 9.22. The van der Waals surface area contributed by atoms with Crippen molar-refractivity contribution in [2.24, 2.45) is 0 Å². The molecule has 0 aromatic carbocycles. The van der Waals surface area contributed by atoms with Crippen LogP contribution in [0.5, 0.6) is 0 Å². The van der Waals surface area contributed by atoms with Crippen molar-refractivity contribution in [1.29, 1.82) is 0 Å². The first-order valence-corrected chi connectivity index (χ1v) is 2.25. The standard InChI is InChI=1S/CH5O3P.CH3.3Y/c1-4-5(2)3;;;;/h5H,1H3,(H,2,3);1H3;;;/q;-1;;;/p-1. The molecular weight excluding hydrogens is 370 g/mol. The first-order chi connectivity index (χ1) is 2.27. The maximum atomic E-state index is 9.22. The summed E-state index contributed by atoms with van der Waals surface area (Å²) in [6.07, 6.45) is 0. The van der Waals surface area contributed by atoms with Gasteiger partial charge in [0.25, 0.3) is 0 Å². The van der Waals surface area contributed by atoms with Gasteiger partial charge in [0.1, 0.15) is 8.25 Å². The summed E-state index contributed by atoms with van der Waals surface area (Å²) in [7, 11) is -1.75. The van der Waals surface area contributed by atoms with Crippen molar-refractivity contribution in [3.63, 3.8) is 0 Å². The summed E-state index contributed by atoms with van der Waals surface area (Å²) in [4.78, 5) is 9.22. The summed E-state index contributed by atoms with van der Waals surface area (Å²) in [6.45, 7) is 0. The van der Waals surface area contributed by atoms with Gasteiger partial charge < -0.3 is 21.4 Å². The van der Waals surface area contributed by atoms with Crippen molar-refractivity contribution in [2.45, 2.75) is 0 Å². The molecule has 0 aliphatic carbocycles. The third-order valence-electron chi connectivity index (χ3n) is 0.167. The molecule has 1 unspecified atom stereocenters. The molecule has 1 atom stereocenters. The van der Waals surface area contributed by atoms with E-state index in [2.05, 4.69) is 4.52 Å². The van der Waals surface area contributed by atoms with E-state index in [0.717, 1.165) is 7.11 Å². The normalized spacial score (nSPS) is 8.22. The Morgan fingerprint density at radius 2 is 1.44 bits per heavy atom. The summed E-state index contributed by atoms with van der Waals surface area (Å²) in [6, 6.07) is 0. The van der Waals surface area contributed by atoms with Crippen LogP contribution in [0.3, 0.4) is 0 Å². The van der Waals surface area contributed by atoms with E-state index in [1.807, 2.05) is 0 Å². The van der Waals surface area contributed by atoms with Crippen LogP contribution < -0.4 is 4.89 Å². The smallest absolute Gasteiger partial charge is 0.121 e. The predicted molar refractivity (Wildman–Crippen MR) is 22.4 cm³/mol. The molecule has 0 N–H and O–H groups in total. The van der Waals surface area contributed by atoms with Gasteiger partial charge in [-0.15, -0.1) is 0 Å². The zero-order valence-electron chi connectivity index (χ0n) is 5.46. The van der Waals surface area contributed by atoms with Gasteiger partial charge in [0.05, 0.1) is 0 Å². The number of rotatable bonds is 1. The minimum atomic E-state index is -2.87. The van der Waals surface area contributed by atoms with Gasteiger partial charge in [-0.1, -0.05) is 0 Å². The number of hydrogen-bond donors (Lipinski definition) is 0. The van der Waals surface area contributed by atoms with Crippen molar-refractivity contribution in [3.05, 3.63) is 7.43 Å². The van der Waals surface area contributed by atoms with Crippen LogP contribution in [0.15, 0.2) is 0 Å². The fraction of sp³-hybridized carbons (Fsp3) is 0.500. The maximum Gasteiger partial charge on any atom is 0.121 e. The average molecular weight is 377 g/mol. The van der Waals surface area contributed by atoms with Crippen LogP contribution in [-0.2, 0) is 107 Å². The topological polar surface area (TPSA) is 49.4 Å². The quantitative estimate of drug-likeness (QED) is 0.471. The van der Waals surface area contributed by atoms with Crippen molar-refractivity contribution in [1.82, 2.24) is 0 Å². The Hall–Kier alpha value is 3.46. The molecule has 0 bridgehead atoms. The third kappa shape index (κ3) is 34.4. The van der Waals surface area contributed by atoms with Gasteiger partial charge in [-0.05, 0) is 0 Å². The van der Waals surface area contributed by atoms with E-state index in [9.17, 15) is 9.46 Å². The molecule has 7 heteroatoms. The first kappa shape index (κ1) is 29.4. The van der Waals surface area contributed by atoms with Gasteiger partial charge in [0, 0.05) is 105 Å². The van der Waals surface area contributed by atoms with E-state index < -0.39 is 8.25 Å². The van der Waals surface area contributed by atoms with Gasteiger partial charge in [0.15, 0.2) is 0 Å². The van der Waals surface area contributed by atoms with E-state index in [4.69, 9.17) is 0 Å². The molecule has 0 fully saturated rings. The van der Waals surface area contributed by atoms with E-state index >= 15 is 0 Å². The molecule has 0 spiro atoms. The molecule has 0 amide bonds. The summed E-state index contributed by atoms with van der Waals surface area (Å²) in [5, 5.41) is 0. The Kier molecular flexibility index (Phi) is 73.6. The van der Waals surface area contributed by atoms with E-state index in [1.165, 1.54) is 0 Å². The SMILES string of the molecule is CO[PH](=O)[O-].[CH3-].[Y].[Y].[Y]. The van der Waals surface area contributed by atoms with Crippen molar-refractivity contribution >= 4 is 8.25 Å². The molecule has 0 aromatic rings. The fourth-order valence-electron chi connectivity index (χ4n) is 0. The minimum Gasteiger partial charge on any atom is -0.781 e. The Balaban J connectivity index is -0.0000000133. The third-order valence-corrected chi connectivity index (χ3v) is 0.500. The summed E-state index contributed by atoms with van der Waals surface area (Å²) in [5.74, 6) is 0. The summed E-state index contributed by atoms with van der Waals surface area (Å²) in [5.41, 5.74) is 0. The van der Waals surface area contributed by atoms with Crippen LogP contribution >= 0.6 is 8.25 Å². The molecule has 3 radical (unpaired) electrons. The van der Waals surface area contributed by atoms with Crippen molar-refractivity contribution in [3.8, 4) is 0 Å². The molecule has 49 valence electrons. The van der Waals surface area contributed by atoms with Crippen LogP contribution in [0.2, 0.25) is 0 Å². The van der Waals surface area contributed by atoms with Gasteiger partial charge in [-0.25, -0.2) is 0 Å². The Labute approximate surface area is 132 Å². The molecule has 0 aromatic heterocycles. The molecule has 3 nitrogen and oxygen atoms in total. The molecular formula is C2H7O3PY3-2. The minimum absolute atomic E-state index is 0. The zero-order valence-corrected chi connectivity index (χ0v) is 15.0. The zero-order chi connectivity index (χ0) is 4.28. The van der Waals surface area contributed by atoms with Crippen LogP contribution in [0, 0.1) is 7.43 Å². The van der Waals surface area contributed by atoms with Gasteiger partial charge in [-0.3, -0.25) is 0 Å². The van der Waals surface area contributed by atoms with Crippen molar-refractivity contribution in [2.75, 3.05) is 7.11 Å².